The lowest BCUT2D eigenvalue weighted by Crippen LogP contribution is -2.49. The van der Waals surface area contributed by atoms with E-state index in [9.17, 15) is 5.11 Å². The van der Waals surface area contributed by atoms with Gasteiger partial charge in [-0.25, -0.2) is 15.0 Å². The van der Waals surface area contributed by atoms with Crippen molar-refractivity contribution >= 4 is 56.8 Å². The van der Waals surface area contributed by atoms with Crippen LogP contribution in [0.4, 0.5) is 0 Å². The first-order valence-electron chi connectivity index (χ1n) is 15.7. The van der Waals surface area contributed by atoms with Crippen LogP contribution in [0.2, 0.25) is 0 Å². The number of aromatic nitrogens is 3. The van der Waals surface area contributed by atoms with Gasteiger partial charge in [-0.15, -0.1) is 0 Å². The average Bonchev–Trinajstić information content (AvgIpc) is 3.64. The molecule has 0 saturated heterocycles. The molecule has 0 aliphatic rings. The predicted molar refractivity (Wildman–Crippen MR) is 189 cm³/mol. The van der Waals surface area contributed by atoms with Crippen LogP contribution in [0.1, 0.15) is 27.7 Å². The predicted octanol–water partition coefficient (Wildman–Crippen LogP) is 8.21. The van der Waals surface area contributed by atoms with E-state index < -0.39 is 11.2 Å². The Bertz CT molecular complexity index is 2440. The third-order valence-corrected chi connectivity index (χ3v) is 9.17. The van der Waals surface area contributed by atoms with Gasteiger partial charge >= 0.3 is 7.48 Å². The normalized spacial score (nSPS) is 12.4. The molecule has 47 heavy (non-hydrogen) atoms. The minimum Gasteiger partial charge on any atom is -0.456 e. The third kappa shape index (κ3) is 5.25. The molecule has 0 amide bonds. The lowest BCUT2D eigenvalue weighted by atomic mass is 9.82. The third-order valence-electron chi connectivity index (χ3n) is 9.17. The van der Waals surface area contributed by atoms with Crippen molar-refractivity contribution in [3.05, 3.63) is 109 Å². The second kappa shape index (κ2) is 10.9. The van der Waals surface area contributed by atoms with Crippen molar-refractivity contribution in [2.75, 3.05) is 0 Å². The van der Waals surface area contributed by atoms with Gasteiger partial charge < -0.3 is 18.6 Å². The van der Waals surface area contributed by atoms with Gasteiger partial charge in [0.05, 0.1) is 11.2 Å². The lowest BCUT2D eigenvalue weighted by Gasteiger charge is -2.37. The molecular weight excluding hydrogens is 585 g/mol. The second-order valence-electron chi connectivity index (χ2n) is 13.0. The average molecular weight is 618 g/mol. The number of hydrogen-bond donors (Lipinski definition) is 1. The van der Waals surface area contributed by atoms with Crippen molar-refractivity contribution in [2.45, 2.75) is 38.9 Å². The Hall–Kier alpha value is -5.31. The zero-order valence-corrected chi connectivity index (χ0v) is 26.6. The van der Waals surface area contributed by atoms with Crippen molar-refractivity contribution in [1.29, 1.82) is 0 Å². The number of para-hydroxylation sites is 1. The highest BCUT2D eigenvalue weighted by atomic mass is 16.5. The number of hydrogen-bond acceptors (Lipinski definition) is 7. The Morgan fingerprint density at radius 3 is 1.70 bits per heavy atom. The summed E-state index contributed by atoms with van der Waals surface area (Å²) in [6.07, 6.45) is 0. The Morgan fingerprint density at radius 1 is 0.532 bits per heavy atom. The van der Waals surface area contributed by atoms with Crippen molar-refractivity contribution in [1.82, 2.24) is 15.0 Å². The monoisotopic (exact) mass is 617 g/mol. The highest BCUT2D eigenvalue weighted by Crippen LogP contribution is 2.34. The Kier molecular flexibility index (Phi) is 6.75. The number of rotatable bonds is 7. The number of benzene rings is 5. The number of aliphatic hydroxyl groups is 1. The van der Waals surface area contributed by atoms with E-state index in [0.717, 1.165) is 66.0 Å². The summed E-state index contributed by atoms with van der Waals surface area (Å²) in [5.74, 6) is 1.68. The van der Waals surface area contributed by atoms with E-state index in [4.69, 9.17) is 28.4 Å². The molecule has 0 unspecified atom stereocenters. The summed E-state index contributed by atoms with van der Waals surface area (Å²) >= 11 is 0. The molecule has 8 rings (SSSR count). The molecule has 5 aromatic carbocycles. The Balaban J connectivity index is 1.20. The van der Waals surface area contributed by atoms with Crippen LogP contribution in [-0.2, 0) is 4.65 Å². The molecule has 0 aliphatic carbocycles. The van der Waals surface area contributed by atoms with Crippen LogP contribution in [0.3, 0.4) is 0 Å². The molecule has 7 nitrogen and oxygen atoms in total. The van der Waals surface area contributed by atoms with Crippen LogP contribution in [-0.4, -0.2) is 38.7 Å². The van der Waals surface area contributed by atoms with Crippen LogP contribution in [0.5, 0.6) is 0 Å². The van der Waals surface area contributed by atoms with Gasteiger partial charge in [-0.1, -0.05) is 78.3 Å². The van der Waals surface area contributed by atoms with Crippen molar-refractivity contribution in [2.24, 2.45) is 0 Å². The molecule has 0 aliphatic heterocycles. The van der Waals surface area contributed by atoms with E-state index >= 15 is 0 Å². The highest BCUT2D eigenvalue weighted by molar-refractivity contribution is 6.47. The fraction of sp³-hybridized carbons (Fsp3) is 0.154. The summed E-state index contributed by atoms with van der Waals surface area (Å²) in [6.45, 7) is 7.31. The molecule has 0 bridgehead atoms. The van der Waals surface area contributed by atoms with E-state index in [-0.39, 0.29) is 0 Å². The van der Waals surface area contributed by atoms with E-state index in [1.165, 1.54) is 0 Å². The first kappa shape index (κ1) is 29.1. The molecule has 230 valence electrons. The SMILES string of the molecule is CC(C)(O)C(C)(C)OBc1ccc2oc3cc(-c4nc(-c5ccccc5)nc(-c5ccc6c(c5)oc5ccccc56)n4)ccc3c2c1. The van der Waals surface area contributed by atoms with Gasteiger partial charge in [-0.2, -0.15) is 0 Å². The van der Waals surface area contributed by atoms with Crippen molar-refractivity contribution < 1.29 is 18.6 Å². The summed E-state index contributed by atoms with van der Waals surface area (Å²) in [5, 5.41) is 14.6. The molecule has 0 saturated carbocycles. The standard InChI is InChI=1S/C39H32BN3O4/c1-38(2,44)39(3,4)47-40-26-16-19-32-30(22-26)29-18-15-25(21-34(29)46-32)37-42-35(23-10-6-5-7-11-23)41-36(43-37)24-14-17-28-27-12-8-9-13-31(27)45-33(28)20-24/h5-22,40,44H,1-4H3. The summed E-state index contributed by atoms with van der Waals surface area (Å²) in [6, 6.07) is 36.2. The molecule has 3 heterocycles. The minimum atomic E-state index is -0.981. The van der Waals surface area contributed by atoms with Gasteiger partial charge in [-0.05, 0) is 64.1 Å². The summed E-state index contributed by atoms with van der Waals surface area (Å²) in [4.78, 5) is 14.8. The molecule has 0 radical (unpaired) electrons. The lowest BCUT2D eigenvalue weighted by molar-refractivity contribution is -0.0893. The highest BCUT2D eigenvalue weighted by Gasteiger charge is 2.35. The quantitative estimate of drug-likeness (QED) is 0.180. The zero-order valence-electron chi connectivity index (χ0n) is 26.6. The Morgan fingerprint density at radius 2 is 1.06 bits per heavy atom. The number of nitrogens with zero attached hydrogens (tertiary/aromatic N) is 3. The van der Waals surface area contributed by atoms with Crippen LogP contribution < -0.4 is 5.46 Å². The Labute approximate surface area is 272 Å². The van der Waals surface area contributed by atoms with Crippen LogP contribution in [0.25, 0.3) is 78.0 Å². The van der Waals surface area contributed by atoms with Gasteiger partial charge in [0.15, 0.2) is 17.5 Å². The maximum atomic E-state index is 10.5. The van der Waals surface area contributed by atoms with E-state index in [1.807, 2.05) is 105 Å². The van der Waals surface area contributed by atoms with E-state index in [0.29, 0.717) is 25.0 Å². The molecule has 0 fully saturated rings. The maximum Gasteiger partial charge on any atom is 0.309 e. The smallest absolute Gasteiger partial charge is 0.309 e. The summed E-state index contributed by atoms with van der Waals surface area (Å²) < 4.78 is 18.6. The maximum absolute atomic E-state index is 10.5. The fourth-order valence-corrected chi connectivity index (χ4v) is 5.71. The van der Waals surface area contributed by atoms with E-state index in [1.54, 1.807) is 13.8 Å². The van der Waals surface area contributed by atoms with Gasteiger partial charge in [-0.3, -0.25) is 0 Å². The molecule has 0 spiro atoms. The first-order valence-corrected chi connectivity index (χ1v) is 15.7. The van der Waals surface area contributed by atoms with Gasteiger partial charge in [0.25, 0.3) is 0 Å². The van der Waals surface area contributed by atoms with Crippen molar-refractivity contribution in [3.8, 4) is 34.2 Å². The minimum absolute atomic E-state index is 0.368. The molecule has 8 heteroatoms. The molecule has 0 atom stereocenters. The largest absolute Gasteiger partial charge is 0.456 e. The van der Waals surface area contributed by atoms with Gasteiger partial charge in [0.2, 0.25) is 0 Å². The fourth-order valence-electron chi connectivity index (χ4n) is 5.71. The van der Waals surface area contributed by atoms with E-state index in [2.05, 4.69) is 18.2 Å². The summed E-state index contributed by atoms with van der Waals surface area (Å²) in [7, 11) is 0.368. The van der Waals surface area contributed by atoms with Crippen LogP contribution in [0, 0.1) is 0 Å². The summed E-state index contributed by atoms with van der Waals surface area (Å²) in [5.41, 5.74) is 5.00. The van der Waals surface area contributed by atoms with Crippen LogP contribution in [0.15, 0.2) is 118 Å². The van der Waals surface area contributed by atoms with Gasteiger partial charge in [0, 0.05) is 38.2 Å². The molecule has 1 N–H and O–H groups in total. The topological polar surface area (TPSA) is 94.4 Å². The van der Waals surface area contributed by atoms with Gasteiger partial charge in [0.1, 0.15) is 22.3 Å². The van der Waals surface area contributed by atoms with Crippen molar-refractivity contribution in [3.63, 3.8) is 0 Å². The van der Waals surface area contributed by atoms with Crippen LogP contribution >= 0.6 is 0 Å². The molecule has 3 aromatic heterocycles. The number of furan rings is 2. The molecular formula is C39H32BN3O4. The first-order chi connectivity index (χ1) is 22.6. The zero-order chi connectivity index (χ0) is 32.3. The second-order valence-corrected chi connectivity index (χ2v) is 13.0. The molecule has 8 aromatic rings. The number of fused-ring (bicyclic) bond motifs is 6.